The molecule has 3 rings (SSSR count). The molecule has 1 aliphatic rings. The third-order valence-corrected chi connectivity index (χ3v) is 6.06. The maximum absolute atomic E-state index is 13.7. The molecule has 1 aliphatic heterocycles. The van der Waals surface area contributed by atoms with Gasteiger partial charge in [-0.3, -0.25) is 9.48 Å². The van der Waals surface area contributed by atoms with E-state index in [4.69, 9.17) is 24.1 Å². The highest BCUT2D eigenvalue weighted by Crippen LogP contribution is 2.39. The molecule has 0 bridgehead atoms. The highest BCUT2D eigenvalue weighted by Gasteiger charge is 2.41. The summed E-state index contributed by atoms with van der Waals surface area (Å²) in [5.41, 5.74) is 1.72. The van der Waals surface area contributed by atoms with Crippen molar-refractivity contribution in [3.8, 4) is 5.69 Å². The van der Waals surface area contributed by atoms with Gasteiger partial charge in [-0.2, -0.15) is 0 Å². The van der Waals surface area contributed by atoms with Crippen LogP contribution in [0.25, 0.3) is 5.69 Å². The van der Waals surface area contributed by atoms with Crippen LogP contribution < -0.4 is 5.56 Å². The normalized spacial score (nSPS) is 19.9. The van der Waals surface area contributed by atoms with Gasteiger partial charge in [-0.1, -0.05) is 18.2 Å². The number of aliphatic hydroxyl groups excluding tert-OH is 1. The number of carboxylic acid groups (broad SMARTS) is 1. The number of aromatic nitrogens is 2. The first-order valence-corrected chi connectivity index (χ1v) is 11.7. The van der Waals surface area contributed by atoms with Crippen LogP contribution in [0.5, 0.6) is 0 Å². The molecule has 0 amide bonds. The van der Waals surface area contributed by atoms with Gasteiger partial charge in [0.2, 0.25) is 12.0 Å². The monoisotopic (exact) mass is 490 g/mol. The van der Waals surface area contributed by atoms with Crippen LogP contribution in [-0.2, 0) is 30.8 Å². The summed E-state index contributed by atoms with van der Waals surface area (Å²) >= 11 is 0. The van der Waals surface area contributed by atoms with E-state index < -0.39 is 18.2 Å². The number of para-hydroxylation sites is 1. The second-order valence-corrected chi connectivity index (χ2v) is 8.18. The molecule has 0 saturated heterocycles. The van der Waals surface area contributed by atoms with E-state index in [0.717, 1.165) is 5.69 Å². The summed E-state index contributed by atoms with van der Waals surface area (Å²) in [6.45, 7) is 5.21. The number of aliphatic hydroxyl groups is 1. The quantitative estimate of drug-likeness (QED) is 0.409. The number of hydrogen-bond donors (Lipinski definition) is 2. The Kier molecular flexibility index (Phi) is 9.67. The smallest absolute Gasteiger partial charge is 0.370 e. The Balaban J connectivity index is 1.96. The highest BCUT2D eigenvalue weighted by atomic mass is 16.7. The Morgan fingerprint density at radius 1 is 1.11 bits per heavy atom. The van der Waals surface area contributed by atoms with Crippen molar-refractivity contribution < 1.29 is 34.0 Å². The first kappa shape index (κ1) is 26.7. The van der Waals surface area contributed by atoms with Crippen LogP contribution in [0.1, 0.15) is 30.5 Å². The lowest BCUT2D eigenvalue weighted by Gasteiger charge is -2.36. The van der Waals surface area contributed by atoms with Crippen LogP contribution in [-0.4, -0.2) is 71.5 Å². The van der Waals surface area contributed by atoms with Crippen molar-refractivity contribution in [2.45, 2.75) is 32.5 Å². The lowest BCUT2D eigenvalue weighted by atomic mass is 9.81. The van der Waals surface area contributed by atoms with E-state index in [9.17, 15) is 14.7 Å². The second-order valence-electron chi connectivity index (χ2n) is 8.18. The zero-order valence-corrected chi connectivity index (χ0v) is 20.4. The molecular formula is C25H34N2O8. The maximum Gasteiger partial charge on any atom is 0.370 e. The zero-order chi connectivity index (χ0) is 25.4. The van der Waals surface area contributed by atoms with Gasteiger partial charge in [0.1, 0.15) is 0 Å². The van der Waals surface area contributed by atoms with Gasteiger partial charge in [0.25, 0.3) is 5.56 Å². The van der Waals surface area contributed by atoms with E-state index >= 15 is 0 Å². The number of ether oxygens (including phenoxy) is 4. The van der Waals surface area contributed by atoms with Gasteiger partial charge in [-0.15, -0.1) is 0 Å². The average molecular weight is 491 g/mol. The summed E-state index contributed by atoms with van der Waals surface area (Å²) in [7, 11) is 1.80. The summed E-state index contributed by atoms with van der Waals surface area (Å²) < 4.78 is 25.7. The third kappa shape index (κ3) is 6.21. The van der Waals surface area contributed by atoms with E-state index in [1.807, 2.05) is 37.3 Å². The molecule has 10 heteroatoms. The largest absolute Gasteiger partial charge is 0.475 e. The molecule has 0 unspecified atom stereocenters. The van der Waals surface area contributed by atoms with Crippen LogP contribution in [0.4, 0.5) is 0 Å². The molecule has 0 aliphatic carbocycles. The predicted molar refractivity (Wildman–Crippen MR) is 128 cm³/mol. The lowest BCUT2D eigenvalue weighted by molar-refractivity contribution is -0.174. The van der Waals surface area contributed by atoms with Crippen molar-refractivity contribution in [1.29, 1.82) is 0 Å². The van der Waals surface area contributed by atoms with Crippen LogP contribution >= 0.6 is 0 Å². The van der Waals surface area contributed by atoms with Crippen LogP contribution in [0.3, 0.4) is 0 Å². The van der Waals surface area contributed by atoms with E-state index in [0.29, 0.717) is 44.1 Å². The average Bonchev–Trinajstić information content (AvgIpc) is 3.07. The van der Waals surface area contributed by atoms with Crippen LogP contribution in [0.15, 0.2) is 47.0 Å². The predicted octanol–water partition coefficient (Wildman–Crippen LogP) is 1.96. The van der Waals surface area contributed by atoms with Crippen molar-refractivity contribution in [2.24, 2.45) is 13.0 Å². The maximum atomic E-state index is 13.7. The lowest BCUT2D eigenvalue weighted by Crippen LogP contribution is -2.38. The summed E-state index contributed by atoms with van der Waals surface area (Å²) in [6, 6.07) is 9.29. The fourth-order valence-electron chi connectivity index (χ4n) is 4.34. The van der Waals surface area contributed by atoms with Gasteiger partial charge >= 0.3 is 5.97 Å². The number of nitrogens with zero attached hydrogens (tertiary/aromatic N) is 2. The molecule has 0 saturated carbocycles. The molecule has 35 heavy (non-hydrogen) atoms. The molecule has 0 radical (unpaired) electrons. The molecule has 1 aromatic carbocycles. The number of aliphatic carboxylic acids is 1. The first-order chi connectivity index (χ1) is 16.9. The number of carboxylic acids is 1. The molecule has 10 nitrogen and oxygen atoms in total. The van der Waals surface area contributed by atoms with Gasteiger partial charge < -0.3 is 29.2 Å². The molecule has 192 valence electrons. The number of benzene rings is 1. The molecule has 3 atom stereocenters. The summed E-state index contributed by atoms with van der Waals surface area (Å²) in [5.74, 6) is -2.36. The molecule has 2 aromatic rings. The van der Waals surface area contributed by atoms with Crippen molar-refractivity contribution >= 4 is 5.97 Å². The molecule has 2 heterocycles. The standard InChI is InChI=1S/C25H34N2O8/c1-4-34-25-19(10-12-32-14-15-33-13-11-28)20(16-21(35-25)24(30)31)22-17(2)26(3)27(23(22)29)18-8-6-5-7-9-18/h5-9,16,19-20,25,28H,4,10-15H2,1-3H3,(H,30,31)/t19-,20+,25-/m1/s1. The zero-order valence-electron chi connectivity index (χ0n) is 20.4. The SMILES string of the molecule is CCO[C@@H]1OC(C(=O)O)=C[C@H](c2c(C)n(C)n(-c3ccccc3)c2=O)[C@H]1CCOCCOCCO. The number of carbonyl (C=O) groups is 1. The van der Waals surface area contributed by atoms with E-state index in [1.54, 1.807) is 23.3 Å². The fourth-order valence-corrected chi connectivity index (χ4v) is 4.34. The molecule has 1 aromatic heterocycles. The van der Waals surface area contributed by atoms with Crippen LogP contribution in [0, 0.1) is 12.8 Å². The number of allylic oxidation sites excluding steroid dienone is 1. The number of hydrogen-bond acceptors (Lipinski definition) is 7. The molecular weight excluding hydrogens is 456 g/mol. The molecule has 2 N–H and O–H groups in total. The van der Waals surface area contributed by atoms with E-state index in [-0.39, 0.29) is 30.5 Å². The first-order valence-electron chi connectivity index (χ1n) is 11.7. The second kappa shape index (κ2) is 12.7. The van der Waals surface area contributed by atoms with Gasteiger partial charge in [-0.05, 0) is 38.5 Å². The highest BCUT2D eigenvalue weighted by molar-refractivity contribution is 5.84. The Hall–Kier alpha value is -2.92. The molecule has 0 spiro atoms. The summed E-state index contributed by atoms with van der Waals surface area (Å²) in [5, 5.41) is 18.5. The summed E-state index contributed by atoms with van der Waals surface area (Å²) in [4.78, 5) is 25.5. The Morgan fingerprint density at radius 3 is 2.43 bits per heavy atom. The van der Waals surface area contributed by atoms with Gasteiger partial charge in [0.05, 0.1) is 32.1 Å². The van der Waals surface area contributed by atoms with Crippen molar-refractivity contribution in [3.05, 3.63) is 63.8 Å². The Labute approximate surface area is 204 Å². The van der Waals surface area contributed by atoms with E-state index in [2.05, 4.69) is 0 Å². The van der Waals surface area contributed by atoms with Crippen molar-refractivity contribution in [3.63, 3.8) is 0 Å². The fraction of sp³-hybridized carbons (Fsp3) is 0.520. The van der Waals surface area contributed by atoms with Crippen LogP contribution in [0.2, 0.25) is 0 Å². The number of rotatable bonds is 13. The van der Waals surface area contributed by atoms with Gasteiger partial charge in [0.15, 0.2) is 0 Å². The minimum Gasteiger partial charge on any atom is -0.475 e. The topological polar surface area (TPSA) is 121 Å². The minimum atomic E-state index is -1.22. The van der Waals surface area contributed by atoms with Gasteiger partial charge in [-0.25, -0.2) is 9.48 Å². The molecule has 0 fully saturated rings. The van der Waals surface area contributed by atoms with Gasteiger partial charge in [0, 0.05) is 43.4 Å². The third-order valence-electron chi connectivity index (χ3n) is 6.06. The van der Waals surface area contributed by atoms with Crippen molar-refractivity contribution in [1.82, 2.24) is 9.36 Å². The van der Waals surface area contributed by atoms with Crippen molar-refractivity contribution in [2.75, 3.05) is 39.6 Å². The summed E-state index contributed by atoms with van der Waals surface area (Å²) in [6.07, 6.45) is 1.13. The Morgan fingerprint density at radius 2 is 1.80 bits per heavy atom. The van der Waals surface area contributed by atoms with E-state index in [1.165, 1.54) is 6.08 Å². The Bertz CT molecular complexity index is 1060. The minimum absolute atomic E-state index is 0.0493.